The molecular weight excluding hydrogens is 405 g/mol. The number of hydrogen-bond donors (Lipinski definition) is 2. The second-order valence-electron chi connectivity index (χ2n) is 7.11. The highest BCUT2D eigenvalue weighted by Gasteiger charge is 2.26. The number of hydrogen-bond acceptors (Lipinski definition) is 4. The predicted molar refractivity (Wildman–Crippen MR) is 115 cm³/mol. The van der Waals surface area contributed by atoms with Crippen molar-refractivity contribution in [3.05, 3.63) is 59.9 Å². The Hall–Kier alpha value is -2.87. The van der Waals surface area contributed by atoms with Gasteiger partial charge in [0.15, 0.2) is 0 Å². The Bertz CT molecular complexity index is 929. The Morgan fingerprint density at radius 2 is 1.80 bits per heavy atom. The molecule has 8 heteroatoms. The number of rotatable bonds is 5. The summed E-state index contributed by atoms with van der Waals surface area (Å²) in [6.07, 6.45) is 3.29. The molecule has 0 atom stereocenters. The van der Waals surface area contributed by atoms with E-state index in [1.54, 1.807) is 40.9 Å². The van der Waals surface area contributed by atoms with E-state index in [4.69, 9.17) is 0 Å². The summed E-state index contributed by atoms with van der Waals surface area (Å²) < 4.78 is 13.8. The van der Waals surface area contributed by atoms with E-state index in [0.717, 1.165) is 4.90 Å². The lowest BCUT2D eigenvalue weighted by atomic mass is 9.96. The first-order valence-electron chi connectivity index (χ1n) is 9.75. The van der Waals surface area contributed by atoms with Gasteiger partial charge in [0, 0.05) is 30.2 Å². The van der Waals surface area contributed by atoms with Crippen molar-refractivity contribution in [2.45, 2.75) is 17.7 Å². The van der Waals surface area contributed by atoms with Crippen LogP contribution in [0.15, 0.2) is 53.4 Å². The number of benzene rings is 2. The number of halogens is 1. The van der Waals surface area contributed by atoms with Gasteiger partial charge in [-0.25, -0.2) is 4.39 Å². The van der Waals surface area contributed by atoms with Gasteiger partial charge >= 0.3 is 11.8 Å². The van der Waals surface area contributed by atoms with Gasteiger partial charge in [0.05, 0.1) is 5.56 Å². The zero-order valence-corrected chi connectivity index (χ0v) is 17.5. The van der Waals surface area contributed by atoms with Crippen molar-refractivity contribution in [3.63, 3.8) is 0 Å². The molecule has 0 unspecified atom stereocenters. The molecule has 2 N–H and O–H groups in total. The van der Waals surface area contributed by atoms with Gasteiger partial charge in [0.2, 0.25) is 0 Å². The predicted octanol–water partition coefficient (Wildman–Crippen LogP) is 3.15. The van der Waals surface area contributed by atoms with Crippen LogP contribution in [-0.2, 0) is 9.59 Å². The first kappa shape index (κ1) is 21.8. The van der Waals surface area contributed by atoms with E-state index >= 15 is 0 Å². The molecule has 6 nitrogen and oxygen atoms in total. The number of likely N-dealkylation sites (tertiary alicyclic amines) is 1. The number of amides is 3. The molecule has 30 heavy (non-hydrogen) atoms. The summed E-state index contributed by atoms with van der Waals surface area (Å²) in [5.41, 5.74) is 0.647. The fourth-order valence-corrected chi connectivity index (χ4v) is 3.81. The summed E-state index contributed by atoms with van der Waals surface area (Å²) in [4.78, 5) is 39.3. The second kappa shape index (κ2) is 10.2. The third-order valence-corrected chi connectivity index (χ3v) is 5.82. The van der Waals surface area contributed by atoms with Crippen LogP contribution in [0.5, 0.6) is 0 Å². The Kier molecular flexibility index (Phi) is 7.46. The lowest BCUT2D eigenvalue weighted by Crippen LogP contribution is -2.43. The van der Waals surface area contributed by atoms with Crippen molar-refractivity contribution < 1.29 is 18.8 Å². The maximum absolute atomic E-state index is 13.8. The molecule has 3 amide bonds. The number of nitrogens with one attached hydrogen (secondary N) is 2. The average Bonchev–Trinajstić information content (AvgIpc) is 2.77. The van der Waals surface area contributed by atoms with Gasteiger partial charge in [-0.3, -0.25) is 14.4 Å². The van der Waals surface area contributed by atoms with E-state index in [2.05, 4.69) is 10.6 Å². The molecule has 0 spiro atoms. The maximum atomic E-state index is 13.8. The van der Waals surface area contributed by atoms with Gasteiger partial charge < -0.3 is 15.5 Å². The van der Waals surface area contributed by atoms with Gasteiger partial charge in [-0.15, -0.1) is 11.8 Å². The topological polar surface area (TPSA) is 78.5 Å². The summed E-state index contributed by atoms with van der Waals surface area (Å²) in [5.74, 6) is -2.07. The van der Waals surface area contributed by atoms with Crippen LogP contribution in [-0.4, -0.2) is 48.5 Å². The van der Waals surface area contributed by atoms with Crippen LogP contribution in [0, 0.1) is 11.7 Å². The number of thioether (sulfide) groups is 1. The molecule has 0 aromatic heterocycles. The molecule has 2 aromatic rings. The van der Waals surface area contributed by atoms with E-state index in [0.29, 0.717) is 38.2 Å². The quantitative estimate of drug-likeness (QED) is 0.565. The van der Waals surface area contributed by atoms with Gasteiger partial charge in [-0.2, -0.15) is 0 Å². The van der Waals surface area contributed by atoms with Crippen LogP contribution < -0.4 is 10.6 Å². The zero-order valence-electron chi connectivity index (χ0n) is 16.7. The highest BCUT2D eigenvalue weighted by Crippen LogP contribution is 2.20. The van der Waals surface area contributed by atoms with E-state index in [-0.39, 0.29) is 17.4 Å². The largest absolute Gasteiger partial charge is 0.348 e. The first-order valence-corrected chi connectivity index (χ1v) is 11.0. The minimum absolute atomic E-state index is 0.0754. The summed E-state index contributed by atoms with van der Waals surface area (Å²) in [7, 11) is 0. The van der Waals surface area contributed by atoms with E-state index < -0.39 is 17.6 Å². The van der Waals surface area contributed by atoms with Crippen LogP contribution in [0.4, 0.5) is 10.1 Å². The second-order valence-corrected chi connectivity index (χ2v) is 7.99. The number of carbonyl (C=O) groups excluding carboxylic acids is 3. The first-order chi connectivity index (χ1) is 14.5. The van der Waals surface area contributed by atoms with Crippen LogP contribution in [0.2, 0.25) is 0 Å². The molecular formula is C22H24FN3O3S. The molecule has 158 valence electrons. The Balaban J connectivity index is 1.43. The van der Waals surface area contributed by atoms with Crippen molar-refractivity contribution in [3.8, 4) is 0 Å². The maximum Gasteiger partial charge on any atom is 0.313 e. The summed E-state index contributed by atoms with van der Waals surface area (Å²) >= 11 is 1.55. The van der Waals surface area contributed by atoms with E-state index in [9.17, 15) is 18.8 Å². The number of carbonyl (C=O) groups is 3. The number of nitrogens with zero attached hydrogens (tertiary/aromatic N) is 1. The normalized spacial score (nSPS) is 14.3. The van der Waals surface area contributed by atoms with Crippen molar-refractivity contribution in [1.82, 2.24) is 10.2 Å². The lowest BCUT2D eigenvalue weighted by Gasteiger charge is -2.32. The van der Waals surface area contributed by atoms with Crippen LogP contribution in [0.3, 0.4) is 0 Å². The minimum atomic E-state index is -0.708. The van der Waals surface area contributed by atoms with Gasteiger partial charge in [-0.1, -0.05) is 18.2 Å². The lowest BCUT2D eigenvalue weighted by molar-refractivity contribution is -0.136. The molecule has 1 fully saturated rings. The summed E-state index contributed by atoms with van der Waals surface area (Å²) in [5, 5.41) is 5.26. The average molecular weight is 430 g/mol. The Labute approximate surface area is 179 Å². The molecule has 1 aliphatic heterocycles. The molecule has 0 aliphatic carbocycles. The standard InChI is InChI=1S/C22H24FN3O3S/c1-30-17-6-4-5-16(13-17)25-21(28)20(27)24-14-15-9-11-26(12-10-15)22(29)18-7-2-3-8-19(18)23/h2-8,13,15H,9-12,14H2,1H3,(H,24,27)(H,25,28). The van der Waals surface area contributed by atoms with Crippen molar-refractivity contribution >= 4 is 35.2 Å². The van der Waals surface area contributed by atoms with Crippen LogP contribution in [0.25, 0.3) is 0 Å². The molecule has 2 aromatic carbocycles. The zero-order chi connectivity index (χ0) is 21.5. The van der Waals surface area contributed by atoms with Crippen molar-refractivity contribution in [1.29, 1.82) is 0 Å². The molecule has 0 saturated carbocycles. The van der Waals surface area contributed by atoms with Crippen LogP contribution in [0.1, 0.15) is 23.2 Å². The molecule has 1 aliphatic rings. The van der Waals surface area contributed by atoms with Crippen molar-refractivity contribution in [2.24, 2.45) is 5.92 Å². The van der Waals surface area contributed by atoms with Crippen LogP contribution >= 0.6 is 11.8 Å². The molecule has 1 saturated heterocycles. The molecule has 3 rings (SSSR count). The fraction of sp³-hybridized carbons (Fsp3) is 0.318. The monoisotopic (exact) mass is 429 g/mol. The molecule has 0 bridgehead atoms. The number of anilines is 1. The third-order valence-electron chi connectivity index (χ3n) is 5.09. The van der Waals surface area contributed by atoms with Gasteiger partial charge in [-0.05, 0) is 55.3 Å². The van der Waals surface area contributed by atoms with E-state index in [1.165, 1.54) is 12.1 Å². The minimum Gasteiger partial charge on any atom is -0.348 e. The van der Waals surface area contributed by atoms with Gasteiger partial charge in [0.25, 0.3) is 5.91 Å². The summed E-state index contributed by atoms with van der Waals surface area (Å²) in [6, 6.07) is 13.2. The highest BCUT2D eigenvalue weighted by molar-refractivity contribution is 7.98. The number of piperidine rings is 1. The van der Waals surface area contributed by atoms with E-state index in [1.807, 2.05) is 18.4 Å². The fourth-order valence-electron chi connectivity index (χ4n) is 3.35. The molecule has 1 heterocycles. The summed E-state index contributed by atoms with van der Waals surface area (Å²) in [6.45, 7) is 1.33. The molecule has 0 radical (unpaired) electrons. The highest BCUT2D eigenvalue weighted by atomic mass is 32.2. The van der Waals surface area contributed by atoms with Crippen molar-refractivity contribution in [2.75, 3.05) is 31.2 Å². The smallest absolute Gasteiger partial charge is 0.313 e. The van der Waals surface area contributed by atoms with Gasteiger partial charge in [0.1, 0.15) is 5.82 Å². The third kappa shape index (κ3) is 5.60. The Morgan fingerprint density at radius 3 is 2.50 bits per heavy atom. The SMILES string of the molecule is CSc1cccc(NC(=O)C(=O)NCC2CCN(C(=O)c3ccccc3F)CC2)c1. The Morgan fingerprint density at radius 1 is 1.07 bits per heavy atom.